The Kier molecular flexibility index (Phi) is 15.5. The predicted molar refractivity (Wildman–Crippen MR) is 99.6 cm³/mol. The number of amides is 1. The third-order valence-corrected chi connectivity index (χ3v) is 3.95. The molecule has 4 heteroatoms. The number of carbonyl (C=O) groups excluding carboxylic acids is 2. The Bertz CT molecular complexity index is 388. The van der Waals surface area contributed by atoms with Gasteiger partial charge in [0.2, 0.25) is 0 Å². The summed E-state index contributed by atoms with van der Waals surface area (Å²) in [6, 6.07) is 0. The van der Waals surface area contributed by atoms with E-state index in [0.717, 1.165) is 38.5 Å². The van der Waals surface area contributed by atoms with Gasteiger partial charge in [-0.1, -0.05) is 63.3 Å². The van der Waals surface area contributed by atoms with E-state index < -0.39 is 17.8 Å². The maximum absolute atomic E-state index is 11.4. The van der Waals surface area contributed by atoms with Crippen molar-refractivity contribution in [3.8, 4) is 0 Å². The molecule has 24 heavy (non-hydrogen) atoms. The highest BCUT2D eigenvalue weighted by atomic mass is 16.3. The molecule has 4 nitrogen and oxygen atoms in total. The van der Waals surface area contributed by atoms with E-state index in [9.17, 15) is 14.7 Å². The van der Waals surface area contributed by atoms with E-state index in [2.05, 4.69) is 31.2 Å². The van der Waals surface area contributed by atoms with Crippen LogP contribution in [0, 0.1) is 0 Å². The van der Waals surface area contributed by atoms with Gasteiger partial charge in [0.1, 0.15) is 0 Å². The topological polar surface area (TPSA) is 80.4 Å². The van der Waals surface area contributed by atoms with Gasteiger partial charge in [0.05, 0.1) is 0 Å². The van der Waals surface area contributed by atoms with E-state index >= 15 is 0 Å². The smallest absolute Gasteiger partial charge is 0.254 e. The van der Waals surface area contributed by atoms with Crippen LogP contribution in [0.15, 0.2) is 24.3 Å². The lowest BCUT2D eigenvalue weighted by Gasteiger charge is -2.05. The molecule has 0 saturated heterocycles. The van der Waals surface area contributed by atoms with Crippen molar-refractivity contribution in [3.63, 3.8) is 0 Å². The fourth-order valence-electron chi connectivity index (χ4n) is 2.41. The number of unbranched alkanes of at least 4 members (excludes halogenated alkanes) is 8. The molecule has 0 spiro atoms. The summed E-state index contributed by atoms with van der Waals surface area (Å²) in [5.74, 6) is -1.42. The number of Topliss-reactive ketones (excluding diaryl/α,β-unsaturated/α-hetero) is 1. The minimum absolute atomic E-state index is 0.231. The molecule has 1 amide bonds. The van der Waals surface area contributed by atoms with E-state index in [4.69, 9.17) is 5.73 Å². The molecule has 0 aliphatic carbocycles. The largest absolute Gasteiger partial charge is 0.376 e. The third kappa shape index (κ3) is 14.2. The van der Waals surface area contributed by atoms with Gasteiger partial charge in [-0.25, -0.2) is 0 Å². The Hall–Kier alpha value is -1.42. The molecule has 0 saturated carbocycles. The van der Waals surface area contributed by atoms with Crippen LogP contribution in [-0.2, 0) is 9.59 Å². The number of ketones is 1. The van der Waals surface area contributed by atoms with Crippen LogP contribution in [-0.4, -0.2) is 22.9 Å². The molecule has 0 aromatic carbocycles. The van der Waals surface area contributed by atoms with Crippen molar-refractivity contribution in [3.05, 3.63) is 24.3 Å². The van der Waals surface area contributed by atoms with E-state index in [1.807, 2.05) is 0 Å². The molecule has 138 valence electrons. The first-order chi connectivity index (χ1) is 11.6. The van der Waals surface area contributed by atoms with Crippen LogP contribution in [0.4, 0.5) is 0 Å². The average molecular weight is 338 g/mol. The van der Waals surface area contributed by atoms with Crippen LogP contribution in [0.5, 0.6) is 0 Å². The standard InChI is InChI=1S/C20H35NO3/c1-2-3-4-5-6-7-8-9-10-11-12-13-14-15-16-17-18(22)19(23)20(21)24/h6-7,9-10,19,23H,2-5,8,11-17H2,1H3,(H2,21,24)/b7-6-,10-9-. The van der Waals surface area contributed by atoms with E-state index in [1.54, 1.807) is 0 Å². The van der Waals surface area contributed by atoms with Gasteiger partial charge in [0.15, 0.2) is 11.9 Å². The molecule has 0 aliphatic heterocycles. The summed E-state index contributed by atoms with van der Waals surface area (Å²) in [7, 11) is 0. The first-order valence-electron chi connectivity index (χ1n) is 9.39. The number of carbonyl (C=O) groups is 2. The highest BCUT2D eigenvalue weighted by Gasteiger charge is 2.19. The normalized spacial score (nSPS) is 12.9. The summed E-state index contributed by atoms with van der Waals surface area (Å²) in [5, 5.41) is 9.17. The maximum atomic E-state index is 11.4. The van der Waals surface area contributed by atoms with Crippen molar-refractivity contribution in [1.29, 1.82) is 0 Å². The van der Waals surface area contributed by atoms with Crippen molar-refractivity contribution in [2.24, 2.45) is 5.73 Å². The highest BCUT2D eigenvalue weighted by Crippen LogP contribution is 2.09. The van der Waals surface area contributed by atoms with Gasteiger partial charge in [-0.15, -0.1) is 0 Å². The number of aliphatic hydroxyl groups excluding tert-OH is 1. The summed E-state index contributed by atoms with van der Waals surface area (Å²) in [6.07, 6.45) is 19.8. The first kappa shape index (κ1) is 22.6. The lowest BCUT2D eigenvalue weighted by Crippen LogP contribution is -2.35. The van der Waals surface area contributed by atoms with E-state index in [-0.39, 0.29) is 6.42 Å². The van der Waals surface area contributed by atoms with Gasteiger partial charge in [-0.3, -0.25) is 9.59 Å². The monoisotopic (exact) mass is 337 g/mol. The Balaban J connectivity index is 3.37. The zero-order chi connectivity index (χ0) is 18.0. The SMILES string of the molecule is CCCCC/C=C\C/C=C\CCCCCCCC(=O)C(O)C(N)=O. The Morgan fingerprint density at radius 1 is 0.875 bits per heavy atom. The molecule has 0 aliphatic rings. The summed E-state index contributed by atoms with van der Waals surface area (Å²) in [4.78, 5) is 22.0. The summed E-state index contributed by atoms with van der Waals surface area (Å²) >= 11 is 0. The molecule has 3 N–H and O–H groups in total. The molecule has 1 unspecified atom stereocenters. The average Bonchev–Trinajstić information content (AvgIpc) is 2.57. The molecule has 1 atom stereocenters. The van der Waals surface area contributed by atoms with Crippen LogP contribution in [0.2, 0.25) is 0 Å². The second-order valence-electron chi connectivity index (χ2n) is 6.25. The Morgan fingerprint density at radius 3 is 2.00 bits per heavy atom. The first-order valence-corrected chi connectivity index (χ1v) is 9.39. The molecule has 0 rings (SSSR count). The quantitative estimate of drug-likeness (QED) is 0.251. The van der Waals surface area contributed by atoms with Crippen LogP contribution in [0.1, 0.15) is 84.0 Å². The van der Waals surface area contributed by atoms with Gasteiger partial charge in [0.25, 0.3) is 5.91 Å². The zero-order valence-electron chi connectivity index (χ0n) is 15.2. The van der Waals surface area contributed by atoms with E-state index in [0.29, 0.717) is 6.42 Å². The van der Waals surface area contributed by atoms with Crippen molar-refractivity contribution in [1.82, 2.24) is 0 Å². The van der Waals surface area contributed by atoms with Gasteiger partial charge in [-0.05, 0) is 38.5 Å². The molecule has 0 aromatic rings. The highest BCUT2D eigenvalue weighted by molar-refractivity contribution is 6.03. The van der Waals surface area contributed by atoms with Gasteiger partial charge in [-0.2, -0.15) is 0 Å². The van der Waals surface area contributed by atoms with Crippen molar-refractivity contribution in [2.75, 3.05) is 0 Å². The Morgan fingerprint density at radius 2 is 1.42 bits per heavy atom. The Labute approximate surface area is 147 Å². The zero-order valence-corrected chi connectivity index (χ0v) is 15.2. The summed E-state index contributed by atoms with van der Waals surface area (Å²) in [5.41, 5.74) is 4.87. The van der Waals surface area contributed by atoms with Gasteiger partial charge < -0.3 is 10.8 Å². The fourth-order valence-corrected chi connectivity index (χ4v) is 2.41. The van der Waals surface area contributed by atoms with Crippen LogP contribution in [0.25, 0.3) is 0 Å². The number of allylic oxidation sites excluding steroid dienone is 4. The van der Waals surface area contributed by atoms with Crippen LogP contribution < -0.4 is 5.73 Å². The molecule has 0 bridgehead atoms. The minimum atomic E-state index is -1.63. The molecular formula is C20H35NO3. The van der Waals surface area contributed by atoms with Crippen LogP contribution in [0.3, 0.4) is 0 Å². The fraction of sp³-hybridized carbons (Fsp3) is 0.700. The lowest BCUT2D eigenvalue weighted by atomic mass is 10.0. The second-order valence-corrected chi connectivity index (χ2v) is 6.25. The van der Waals surface area contributed by atoms with Crippen molar-refractivity contribution >= 4 is 11.7 Å². The molecule has 0 heterocycles. The number of hydrogen-bond donors (Lipinski definition) is 2. The summed E-state index contributed by atoms with van der Waals surface area (Å²) in [6.45, 7) is 2.22. The molecule has 0 aromatic heterocycles. The van der Waals surface area contributed by atoms with Gasteiger partial charge in [0, 0.05) is 6.42 Å². The lowest BCUT2D eigenvalue weighted by molar-refractivity contribution is -0.137. The number of hydrogen-bond acceptors (Lipinski definition) is 3. The molecule has 0 fully saturated rings. The summed E-state index contributed by atoms with van der Waals surface area (Å²) < 4.78 is 0. The third-order valence-electron chi connectivity index (χ3n) is 3.95. The van der Waals surface area contributed by atoms with Crippen molar-refractivity contribution < 1.29 is 14.7 Å². The van der Waals surface area contributed by atoms with Crippen molar-refractivity contribution in [2.45, 2.75) is 90.1 Å². The number of nitrogens with two attached hydrogens (primary N) is 1. The molecule has 0 radical (unpaired) electrons. The van der Waals surface area contributed by atoms with Crippen LogP contribution >= 0.6 is 0 Å². The maximum Gasteiger partial charge on any atom is 0.254 e. The second kappa shape index (κ2) is 16.4. The number of primary amides is 1. The van der Waals surface area contributed by atoms with E-state index in [1.165, 1.54) is 25.7 Å². The molecular weight excluding hydrogens is 302 g/mol. The minimum Gasteiger partial charge on any atom is -0.376 e. The van der Waals surface area contributed by atoms with Gasteiger partial charge >= 0.3 is 0 Å². The predicted octanol–water partition coefficient (Wildman–Crippen LogP) is 4.22. The number of aliphatic hydroxyl groups is 1. The number of rotatable bonds is 16.